The van der Waals surface area contributed by atoms with Crippen molar-refractivity contribution in [1.82, 2.24) is 10.2 Å². The minimum Gasteiger partial charge on any atom is -0.491 e. The first-order valence-corrected chi connectivity index (χ1v) is 11.3. The van der Waals surface area contributed by atoms with Crippen molar-refractivity contribution in [1.29, 1.82) is 0 Å². The van der Waals surface area contributed by atoms with Gasteiger partial charge in [-0.05, 0) is 33.6 Å². The molecule has 0 spiro atoms. The molecule has 2 fully saturated rings. The maximum atomic E-state index is 14.0. The number of carbonyl (C=O) groups is 1. The van der Waals surface area contributed by atoms with Crippen molar-refractivity contribution in [3.63, 3.8) is 0 Å². The van der Waals surface area contributed by atoms with Crippen LogP contribution >= 0.6 is 0 Å². The number of likely N-dealkylation sites (tertiary alicyclic amines) is 1. The van der Waals surface area contributed by atoms with Crippen molar-refractivity contribution < 1.29 is 32.9 Å². The zero-order chi connectivity index (χ0) is 24.4. The van der Waals surface area contributed by atoms with Gasteiger partial charge in [-0.25, -0.2) is 13.6 Å². The molecule has 1 aromatic rings. The molecule has 188 valence electrons. The van der Waals surface area contributed by atoms with Gasteiger partial charge < -0.3 is 34.4 Å². The molecule has 10 heteroatoms. The van der Waals surface area contributed by atoms with E-state index in [1.165, 1.54) is 19.2 Å². The number of piperidine rings is 1. The number of carbonyl (C=O) groups excluding carboxylic acids is 1. The number of nitrogens with one attached hydrogen (secondary N) is 1. The van der Waals surface area contributed by atoms with Crippen LogP contribution in [0.3, 0.4) is 0 Å². The number of nitrogens with zero attached hydrogens (tertiary/aromatic N) is 2. The van der Waals surface area contributed by atoms with Crippen LogP contribution in [0.4, 0.5) is 19.3 Å². The second-order valence-electron chi connectivity index (χ2n) is 9.01. The van der Waals surface area contributed by atoms with Crippen LogP contribution in [-0.2, 0) is 9.47 Å². The third kappa shape index (κ3) is 9.30. The summed E-state index contributed by atoms with van der Waals surface area (Å²) in [6.07, 6.45) is 0.775. The van der Waals surface area contributed by atoms with Gasteiger partial charge in [0.2, 0.25) is 0 Å². The van der Waals surface area contributed by atoms with Gasteiger partial charge in [0.05, 0.1) is 12.7 Å². The minimum absolute atomic E-state index is 0.0283. The lowest BCUT2D eigenvalue weighted by Crippen LogP contribution is -2.44. The number of hydrogen-bond acceptors (Lipinski definition) is 7. The third-order valence-electron chi connectivity index (χ3n) is 5.10. The quantitative estimate of drug-likeness (QED) is 0.637. The molecule has 1 amide bonds. The summed E-state index contributed by atoms with van der Waals surface area (Å²) in [5.74, 6) is -0.991. The number of rotatable bonds is 5. The lowest BCUT2D eigenvalue weighted by Gasteiger charge is -2.31. The molecule has 33 heavy (non-hydrogen) atoms. The zero-order valence-electron chi connectivity index (χ0n) is 20.0. The van der Waals surface area contributed by atoms with E-state index >= 15 is 0 Å². The van der Waals surface area contributed by atoms with Gasteiger partial charge in [-0.1, -0.05) is 0 Å². The van der Waals surface area contributed by atoms with Gasteiger partial charge in [-0.3, -0.25) is 0 Å². The van der Waals surface area contributed by atoms with Crippen LogP contribution in [0.5, 0.6) is 5.75 Å². The Balaban J connectivity index is 0.000000245. The van der Waals surface area contributed by atoms with Gasteiger partial charge in [0.1, 0.15) is 23.6 Å². The van der Waals surface area contributed by atoms with E-state index in [2.05, 4.69) is 5.32 Å². The van der Waals surface area contributed by atoms with Gasteiger partial charge in [-0.15, -0.1) is 0 Å². The summed E-state index contributed by atoms with van der Waals surface area (Å²) in [6, 6.07) is 2.44. The number of methoxy groups -OCH3 is 1. The molecule has 1 aromatic carbocycles. The molecule has 2 N–H and O–H groups in total. The number of aliphatic hydroxyl groups is 1. The van der Waals surface area contributed by atoms with Crippen LogP contribution in [0.15, 0.2) is 12.1 Å². The normalized spacial score (nSPS) is 17.3. The molecular weight excluding hydrogens is 436 g/mol. The van der Waals surface area contributed by atoms with Crippen molar-refractivity contribution >= 4 is 11.8 Å². The van der Waals surface area contributed by atoms with Gasteiger partial charge in [0.15, 0.2) is 11.6 Å². The highest BCUT2D eigenvalue weighted by molar-refractivity contribution is 5.68. The highest BCUT2D eigenvalue weighted by Gasteiger charge is 2.25. The SMILES string of the molecule is CC(C)(C)OC(=O)N1CCC(O)CC1.COCCOc1cc(F)c(N2CCNCC2)c(F)c1. The highest BCUT2D eigenvalue weighted by Crippen LogP contribution is 2.28. The lowest BCUT2D eigenvalue weighted by atomic mass is 10.1. The number of piperazine rings is 1. The number of hydrogen-bond donors (Lipinski definition) is 2. The van der Waals surface area contributed by atoms with Crippen molar-refractivity contribution in [2.75, 3.05) is 64.5 Å². The van der Waals surface area contributed by atoms with Crippen LogP contribution in [0.1, 0.15) is 33.6 Å². The van der Waals surface area contributed by atoms with E-state index in [-0.39, 0.29) is 30.2 Å². The standard InChI is InChI=1S/C13H18F2N2O2.C10H19NO3/c1-18-6-7-19-10-8-11(14)13(12(15)9-10)17-4-2-16-3-5-17;1-10(2,3)14-9(13)11-6-4-8(12)5-7-11/h8-9,16H,2-7H2,1H3;8,12H,4-7H2,1-3H3. The first-order chi connectivity index (χ1) is 15.6. The number of halogens is 2. The summed E-state index contributed by atoms with van der Waals surface area (Å²) in [5, 5.41) is 12.4. The summed E-state index contributed by atoms with van der Waals surface area (Å²) in [5.41, 5.74) is -0.409. The van der Waals surface area contributed by atoms with Gasteiger partial charge in [0.25, 0.3) is 0 Å². The van der Waals surface area contributed by atoms with E-state index in [1.54, 1.807) is 9.80 Å². The van der Waals surface area contributed by atoms with E-state index in [4.69, 9.17) is 14.2 Å². The summed E-state index contributed by atoms with van der Waals surface area (Å²) in [4.78, 5) is 14.9. The smallest absolute Gasteiger partial charge is 0.410 e. The second-order valence-corrected chi connectivity index (χ2v) is 9.01. The Kier molecular flexibility index (Phi) is 10.6. The van der Waals surface area contributed by atoms with Crippen molar-refractivity contribution in [2.24, 2.45) is 0 Å². The Hall–Kier alpha value is -2.17. The Morgan fingerprint density at radius 2 is 1.67 bits per heavy atom. The van der Waals surface area contributed by atoms with Crippen molar-refractivity contribution in [3.8, 4) is 5.75 Å². The van der Waals surface area contributed by atoms with Gasteiger partial charge in [-0.2, -0.15) is 0 Å². The van der Waals surface area contributed by atoms with Gasteiger partial charge >= 0.3 is 6.09 Å². The number of aliphatic hydroxyl groups excluding tert-OH is 1. The molecule has 0 bridgehead atoms. The molecule has 0 saturated carbocycles. The Bertz CT molecular complexity index is 723. The van der Waals surface area contributed by atoms with Crippen molar-refractivity contribution in [2.45, 2.75) is 45.3 Å². The van der Waals surface area contributed by atoms with Crippen LogP contribution in [0, 0.1) is 11.6 Å². The molecule has 2 heterocycles. The molecule has 0 radical (unpaired) electrons. The molecule has 3 rings (SSSR count). The summed E-state index contributed by atoms with van der Waals surface area (Å²) < 4.78 is 43.2. The minimum atomic E-state index is -0.589. The molecular formula is C23H37F2N3O5. The van der Waals surface area contributed by atoms with Crippen LogP contribution in [0.25, 0.3) is 0 Å². The van der Waals surface area contributed by atoms with E-state index < -0.39 is 17.2 Å². The van der Waals surface area contributed by atoms with E-state index in [0.29, 0.717) is 45.6 Å². The number of amides is 1. The lowest BCUT2D eigenvalue weighted by molar-refractivity contribution is 0.0101. The molecule has 0 aliphatic carbocycles. The van der Waals surface area contributed by atoms with Crippen molar-refractivity contribution in [3.05, 3.63) is 23.8 Å². The molecule has 8 nitrogen and oxygen atoms in total. The van der Waals surface area contributed by atoms with E-state index in [1.807, 2.05) is 20.8 Å². The van der Waals surface area contributed by atoms with Crippen LogP contribution < -0.4 is 15.0 Å². The largest absolute Gasteiger partial charge is 0.491 e. The maximum Gasteiger partial charge on any atom is 0.410 e. The Morgan fingerprint density at radius 3 is 2.18 bits per heavy atom. The summed E-state index contributed by atoms with van der Waals surface area (Å²) in [6.45, 7) is 10.0. The molecule has 2 saturated heterocycles. The fourth-order valence-corrected chi connectivity index (χ4v) is 3.43. The molecule has 0 atom stereocenters. The fourth-order valence-electron chi connectivity index (χ4n) is 3.43. The molecule has 2 aliphatic heterocycles. The third-order valence-corrected chi connectivity index (χ3v) is 5.10. The Morgan fingerprint density at radius 1 is 1.09 bits per heavy atom. The predicted octanol–water partition coefficient (Wildman–Crippen LogP) is 2.78. The van der Waals surface area contributed by atoms with Crippen LogP contribution in [-0.4, -0.2) is 87.4 Å². The summed E-state index contributed by atoms with van der Waals surface area (Å²) >= 11 is 0. The highest BCUT2D eigenvalue weighted by atomic mass is 19.1. The average molecular weight is 474 g/mol. The second kappa shape index (κ2) is 12.9. The first-order valence-electron chi connectivity index (χ1n) is 11.3. The number of ether oxygens (including phenoxy) is 3. The predicted molar refractivity (Wildman–Crippen MR) is 122 cm³/mol. The zero-order valence-corrected chi connectivity index (χ0v) is 20.0. The fraction of sp³-hybridized carbons (Fsp3) is 0.696. The van der Waals surface area contributed by atoms with E-state index in [0.717, 1.165) is 13.1 Å². The molecule has 0 unspecified atom stereocenters. The molecule has 0 aromatic heterocycles. The monoisotopic (exact) mass is 473 g/mol. The average Bonchev–Trinajstić information content (AvgIpc) is 2.74. The first kappa shape index (κ1) is 27.1. The summed E-state index contributed by atoms with van der Waals surface area (Å²) in [7, 11) is 1.54. The topological polar surface area (TPSA) is 83.5 Å². The number of anilines is 1. The van der Waals surface area contributed by atoms with E-state index in [9.17, 15) is 18.7 Å². The van der Waals surface area contributed by atoms with Gasteiger partial charge in [0, 0.05) is 58.5 Å². The number of benzene rings is 1. The Labute approximate surface area is 194 Å². The maximum absolute atomic E-state index is 14.0. The molecule has 2 aliphatic rings. The van der Waals surface area contributed by atoms with Crippen LogP contribution in [0.2, 0.25) is 0 Å².